The van der Waals surface area contributed by atoms with Crippen LogP contribution in [0.5, 0.6) is 0 Å². The molecule has 3 aliphatic rings. The number of nitrogens with two attached hydrogens (primary N) is 1. The molecule has 0 bridgehead atoms. The van der Waals surface area contributed by atoms with E-state index in [1.807, 2.05) is 6.07 Å². The van der Waals surface area contributed by atoms with Crippen LogP contribution in [0.25, 0.3) is 0 Å². The summed E-state index contributed by atoms with van der Waals surface area (Å²) in [6.45, 7) is 7.01. The fraction of sp³-hybridized carbons (Fsp3) is 0.750. The Kier molecular flexibility index (Phi) is 14.4. The summed E-state index contributed by atoms with van der Waals surface area (Å²) < 4.78 is 0. The zero-order valence-corrected chi connectivity index (χ0v) is 27.0. The quantitative estimate of drug-likeness (QED) is 0.125. The molecule has 13 nitrogen and oxygen atoms in total. The van der Waals surface area contributed by atoms with E-state index in [9.17, 15) is 9.59 Å². The van der Waals surface area contributed by atoms with E-state index < -0.39 is 12.0 Å². The van der Waals surface area contributed by atoms with Gasteiger partial charge in [-0.3, -0.25) is 9.59 Å². The third-order valence-electron chi connectivity index (χ3n) is 8.91. The van der Waals surface area contributed by atoms with Gasteiger partial charge >= 0.3 is 5.97 Å². The monoisotopic (exact) mass is 626 g/mol. The standard InChI is InChI=1S/C32H54N10O3/c1-2-23-21-29(37-25-13-18-42(19-14-25)30(43)12-11-28(33)31(44)45)39-32(38-23)36-22-27-20-26(40-41-27)10-6-15-34-16-7-17-35-24-8-4-3-5-9-24/h21,24-25,28,34-35H,2-20,22,33H2,1H3,(H,44,45)(H2,36,37,38,39)/t28-/m0/s1. The third kappa shape index (κ3) is 12.3. The second-order valence-corrected chi connectivity index (χ2v) is 12.6. The number of anilines is 2. The van der Waals surface area contributed by atoms with Crippen molar-refractivity contribution in [3.8, 4) is 0 Å². The Labute approximate surface area is 267 Å². The van der Waals surface area contributed by atoms with Gasteiger partial charge in [0.2, 0.25) is 11.9 Å². The van der Waals surface area contributed by atoms with Gasteiger partial charge in [0, 0.05) is 55.5 Å². The molecule has 1 saturated carbocycles. The van der Waals surface area contributed by atoms with Crippen molar-refractivity contribution in [3.05, 3.63) is 11.8 Å². The number of nitrogens with zero attached hydrogens (tertiary/aromatic N) is 5. The molecule has 3 heterocycles. The molecule has 0 radical (unpaired) electrons. The minimum atomic E-state index is -1.08. The predicted octanol–water partition coefficient (Wildman–Crippen LogP) is 2.93. The van der Waals surface area contributed by atoms with E-state index in [-0.39, 0.29) is 24.8 Å². The molecule has 1 atom stereocenters. The lowest BCUT2D eigenvalue weighted by atomic mass is 9.95. The molecule has 4 rings (SSSR count). The van der Waals surface area contributed by atoms with Crippen LogP contribution in [0.3, 0.4) is 0 Å². The number of aliphatic carboxylic acids is 1. The Morgan fingerprint density at radius 1 is 1.00 bits per heavy atom. The highest BCUT2D eigenvalue weighted by Crippen LogP contribution is 2.19. The zero-order valence-electron chi connectivity index (χ0n) is 27.0. The predicted molar refractivity (Wildman–Crippen MR) is 179 cm³/mol. The van der Waals surface area contributed by atoms with E-state index in [0.717, 1.165) is 87.1 Å². The van der Waals surface area contributed by atoms with Crippen molar-refractivity contribution in [1.82, 2.24) is 25.5 Å². The number of carbonyl (C=O) groups excluding carboxylic acids is 1. The van der Waals surface area contributed by atoms with Crippen LogP contribution in [0.15, 0.2) is 16.3 Å². The Morgan fingerprint density at radius 2 is 1.76 bits per heavy atom. The van der Waals surface area contributed by atoms with E-state index in [2.05, 4.69) is 43.4 Å². The molecule has 1 aliphatic carbocycles. The number of amides is 1. The lowest BCUT2D eigenvalue weighted by Gasteiger charge is -2.33. The van der Waals surface area contributed by atoms with Crippen molar-refractivity contribution >= 4 is 35.1 Å². The Hall–Kier alpha value is -3.16. The molecule has 1 aromatic rings. The number of carbonyl (C=O) groups is 2. The van der Waals surface area contributed by atoms with Crippen LogP contribution in [0.1, 0.15) is 96.1 Å². The van der Waals surface area contributed by atoms with Crippen molar-refractivity contribution in [2.24, 2.45) is 15.9 Å². The molecule has 0 unspecified atom stereocenters. The van der Waals surface area contributed by atoms with Gasteiger partial charge in [0.25, 0.3) is 0 Å². The number of rotatable bonds is 19. The minimum Gasteiger partial charge on any atom is -0.480 e. The summed E-state index contributed by atoms with van der Waals surface area (Å²) >= 11 is 0. The molecular formula is C32H54N10O3. The summed E-state index contributed by atoms with van der Waals surface area (Å²) in [6, 6.07) is 1.90. The summed E-state index contributed by atoms with van der Waals surface area (Å²) in [5, 5.41) is 31.9. The summed E-state index contributed by atoms with van der Waals surface area (Å²) in [5.41, 5.74) is 8.61. The Bertz CT molecular complexity index is 1150. The minimum absolute atomic E-state index is 0.0430. The topological polar surface area (TPSA) is 182 Å². The summed E-state index contributed by atoms with van der Waals surface area (Å²) in [4.78, 5) is 34.5. The number of carboxylic acids is 1. The summed E-state index contributed by atoms with van der Waals surface area (Å²) in [6.07, 6.45) is 13.5. The lowest BCUT2D eigenvalue weighted by molar-refractivity contribution is -0.139. The van der Waals surface area contributed by atoms with E-state index in [1.54, 1.807) is 4.90 Å². The molecule has 0 aromatic carbocycles. The van der Waals surface area contributed by atoms with Crippen molar-refractivity contribution < 1.29 is 14.7 Å². The molecule has 13 heteroatoms. The number of hydrogen-bond donors (Lipinski definition) is 6. The number of aromatic nitrogens is 2. The summed E-state index contributed by atoms with van der Waals surface area (Å²) in [7, 11) is 0. The first kappa shape index (κ1) is 34.7. The van der Waals surface area contributed by atoms with Crippen LogP contribution in [-0.4, -0.2) is 101 Å². The first-order chi connectivity index (χ1) is 21.9. The molecule has 45 heavy (non-hydrogen) atoms. The number of nitrogens with one attached hydrogen (secondary N) is 4. The largest absolute Gasteiger partial charge is 0.480 e. The number of aryl methyl sites for hydroxylation is 1. The molecule has 7 N–H and O–H groups in total. The van der Waals surface area contributed by atoms with E-state index >= 15 is 0 Å². The molecule has 2 aliphatic heterocycles. The van der Waals surface area contributed by atoms with Gasteiger partial charge in [0.1, 0.15) is 11.9 Å². The van der Waals surface area contributed by atoms with Gasteiger partial charge in [-0.05, 0) is 77.4 Å². The zero-order chi connectivity index (χ0) is 31.9. The van der Waals surface area contributed by atoms with Crippen molar-refractivity contribution in [1.29, 1.82) is 0 Å². The van der Waals surface area contributed by atoms with Gasteiger partial charge in [-0.1, -0.05) is 26.2 Å². The molecular weight excluding hydrogens is 572 g/mol. The maximum atomic E-state index is 12.5. The fourth-order valence-electron chi connectivity index (χ4n) is 6.11. The van der Waals surface area contributed by atoms with Crippen LogP contribution in [-0.2, 0) is 16.0 Å². The number of hydrogen-bond acceptors (Lipinski definition) is 11. The van der Waals surface area contributed by atoms with E-state index in [1.165, 1.54) is 38.5 Å². The van der Waals surface area contributed by atoms with Gasteiger partial charge in [0.15, 0.2) is 0 Å². The average molecular weight is 627 g/mol. The number of piperidine rings is 1. The summed E-state index contributed by atoms with van der Waals surface area (Å²) in [5.74, 6) is 0.215. The molecule has 250 valence electrons. The number of carboxylic acid groups (broad SMARTS) is 1. The molecule has 2 fully saturated rings. The van der Waals surface area contributed by atoms with Crippen molar-refractivity contribution in [3.63, 3.8) is 0 Å². The van der Waals surface area contributed by atoms with Crippen molar-refractivity contribution in [2.45, 2.75) is 115 Å². The van der Waals surface area contributed by atoms with Crippen LogP contribution in [0.4, 0.5) is 11.8 Å². The third-order valence-corrected chi connectivity index (χ3v) is 8.91. The highest BCUT2D eigenvalue weighted by molar-refractivity contribution is 6.08. The van der Waals surface area contributed by atoms with Crippen LogP contribution >= 0.6 is 0 Å². The van der Waals surface area contributed by atoms with Crippen LogP contribution < -0.4 is 27.0 Å². The van der Waals surface area contributed by atoms with Gasteiger partial charge in [-0.15, -0.1) is 0 Å². The molecule has 1 saturated heterocycles. The average Bonchev–Trinajstić information content (AvgIpc) is 3.52. The van der Waals surface area contributed by atoms with Gasteiger partial charge < -0.3 is 37.0 Å². The van der Waals surface area contributed by atoms with E-state index in [0.29, 0.717) is 25.6 Å². The lowest BCUT2D eigenvalue weighted by Crippen LogP contribution is -2.43. The van der Waals surface area contributed by atoms with E-state index in [4.69, 9.17) is 15.8 Å². The Morgan fingerprint density at radius 3 is 2.51 bits per heavy atom. The first-order valence-corrected chi connectivity index (χ1v) is 17.1. The van der Waals surface area contributed by atoms with Crippen LogP contribution in [0, 0.1) is 0 Å². The first-order valence-electron chi connectivity index (χ1n) is 17.1. The van der Waals surface area contributed by atoms with Crippen LogP contribution in [0.2, 0.25) is 0 Å². The van der Waals surface area contributed by atoms with Gasteiger partial charge in [-0.2, -0.15) is 15.2 Å². The molecule has 1 amide bonds. The maximum absolute atomic E-state index is 12.5. The number of likely N-dealkylation sites (tertiary alicyclic amines) is 1. The molecule has 0 spiro atoms. The highest BCUT2D eigenvalue weighted by atomic mass is 16.4. The second-order valence-electron chi connectivity index (χ2n) is 12.6. The fourth-order valence-corrected chi connectivity index (χ4v) is 6.11. The Balaban J connectivity index is 1.09. The van der Waals surface area contributed by atoms with Gasteiger partial charge in [0.05, 0.1) is 12.3 Å². The van der Waals surface area contributed by atoms with Gasteiger partial charge in [-0.25, -0.2) is 4.98 Å². The maximum Gasteiger partial charge on any atom is 0.320 e. The molecule has 1 aromatic heterocycles. The second kappa shape index (κ2) is 18.7. The van der Waals surface area contributed by atoms with Crippen molar-refractivity contribution in [2.75, 3.05) is 49.9 Å². The smallest absolute Gasteiger partial charge is 0.320 e. The SMILES string of the molecule is CCc1cc(NC2CCN(C(=O)CC[C@H](N)C(=O)O)CC2)nc(NCC2=NN=C(CCCNCCCNC3CCCCC3)C2)n1. The normalized spacial score (nSPS) is 18.4. The highest BCUT2D eigenvalue weighted by Gasteiger charge is 2.24.